The van der Waals surface area contributed by atoms with E-state index in [1.165, 1.54) is 36.8 Å². The quantitative estimate of drug-likeness (QED) is 0.758. The Morgan fingerprint density at radius 2 is 2.00 bits per heavy atom. The zero-order chi connectivity index (χ0) is 13.5. The topological polar surface area (TPSA) is 17.1 Å². The van der Waals surface area contributed by atoms with Crippen LogP contribution in [-0.4, -0.2) is 5.78 Å². The highest BCUT2D eigenvalue weighted by Gasteiger charge is 2.11. The molecule has 1 heteroatoms. The average Bonchev–Trinajstić information content (AvgIpc) is 2.36. The number of Topliss-reactive ketones (excluding diaryl/α,β-unsaturated/α-hetero) is 1. The second kappa shape index (κ2) is 7.28. The summed E-state index contributed by atoms with van der Waals surface area (Å²) in [5.74, 6) is 0.364. The standard InChI is InChI=1S/C18H24O/c1-15-8-7-9-16(14-15)12-13-18(19)17-10-5-3-2-4-6-11-17/h7-10,14H,2-6,11-13H2,1H3/b17-10+. The zero-order valence-electron chi connectivity index (χ0n) is 12.0. The molecule has 0 atom stereocenters. The summed E-state index contributed by atoms with van der Waals surface area (Å²) in [6.07, 6.45) is 10.8. The van der Waals surface area contributed by atoms with Gasteiger partial charge in [-0.3, -0.25) is 4.79 Å². The molecule has 0 aliphatic heterocycles. The van der Waals surface area contributed by atoms with Crippen molar-refractivity contribution in [2.24, 2.45) is 0 Å². The number of carbonyl (C=O) groups excluding carboxylic acids is 1. The molecule has 0 fully saturated rings. The van der Waals surface area contributed by atoms with E-state index < -0.39 is 0 Å². The van der Waals surface area contributed by atoms with Gasteiger partial charge in [-0.15, -0.1) is 0 Å². The number of carbonyl (C=O) groups is 1. The largest absolute Gasteiger partial charge is 0.295 e. The summed E-state index contributed by atoms with van der Waals surface area (Å²) in [6.45, 7) is 2.10. The fourth-order valence-corrected chi connectivity index (χ4v) is 2.73. The molecule has 1 aromatic rings. The maximum atomic E-state index is 12.3. The number of rotatable bonds is 4. The number of benzene rings is 1. The summed E-state index contributed by atoms with van der Waals surface area (Å²) < 4.78 is 0. The first-order valence-electron chi connectivity index (χ1n) is 7.53. The highest BCUT2D eigenvalue weighted by molar-refractivity contribution is 5.95. The van der Waals surface area contributed by atoms with Crippen molar-refractivity contribution in [2.45, 2.75) is 58.3 Å². The highest BCUT2D eigenvalue weighted by atomic mass is 16.1. The first kappa shape index (κ1) is 14.0. The first-order chi connectivity index (χ1) is 9.25. The van der Waals surface area contributed by atoms with E-state index in [-0.39, 0.29) is 0 Å². The van der Waals surface area contributed by atoms with Gasteiger partial charge in [-0.1, -0.05) is 48.7 Å². The number of ketones is 1. The van der Waals surface area contributed by atoms with E-state index in [0.29, 0.717) is 12.2 Å². The molecule has 0 saturated heterocycles. The summed E-state index contributed by atoms with van der Waals surface area (Å²) in [7, 11) is 0. The Bertz CT molecular complexity index is 457. The molecule has 0 bridgehead atoms. The van der Waals surface area contributed by atoms with Crippen LogP contribution in [0, 0.1) is 6.92 Å². The van der Waals surface area contributed by atoms with Crippen molar-refractivity contribution in [2.75, 3.05) is 0 Å². The van der Waals surface area contributed by atoms with Crippen molar-refractivity contribution in [1.82, 2.24) is 0 Å². The molecule has 1 nitrogen and oxygen atoms in total. The molecule has 1 aromatic carbocycles. The Kier molecular flexibility index (Phi) is 5.38. The number of aryl methyl sites for hydroxylation is 2. The van der Waals surface area contributed by atoms with Crippen LogP contribution in [0.5, 0.6) is 0 Å². The zero-order valence-corrected chi connectivity index (χ0v) is 12.0. The van der Waals surface area contributed by atoms with Gasteiger partial charge in [0.1, 0.15) is 0 Å². The Morgan fingerprint density at radius 1 is 1.16 bits per heavy atom. The van der Waals surface area contributed by atoms with E-state index >= 15 is 0 Å². The van der Waals surface area contributed by atoms with Crippen LogP contribution in [0.2, 0.25) is 0 Å². The van der Waals surface area contributed by atoms with Crippen molar-refractivity contribution < 1.29 is 4.79 Å². The van der Waals surface area contributed by atoms with Gasteiger partial charge in [0.25, 0.3) is 0 Å². The molecule has 0 N–H and O–H groups in total. The molecular weight excluding hydrogens is 232 g/mol. The Balaban J connectivity index is 1.89. The van der Waals surface area contributed by atoms with Gasteiger partial charge in [0.15, 0.2) is 5.78 Å². The van der Waals surface area contributed by atoms with Gasteiger partial charge in [-0.25, -0.2) is 0 Å². The van der Waals surface area contributed by atoms with Gasteiger partial charge in [0.2, 0.25) is 0 Å². The van der Waals surface area contributed by atoms with Crippen molar-refractivity contribution in [3.63, 3.8) is 0 Å². The van der Waals surface area contributed by atoms with E-state index in [0.717, 1.165) is 24.8 Å². The van der Waals surface area contributed by atoms with Gasteiger partial charge < -0.3 is 0 Å². The van der Waals surface area contributed by atoms with Gasteiger partial charge in [-0.2, -0.15) is 0 Å². The second-order valence-corrected chi connectivity index (χ2v) is 5.59. The minimum atomic E-state index is 0.364. The molecule has 19 heavy (non-hydrogen) atoms. The average molecular weight is 256 g/mol. The first-order valence-corrected chi connectivity index (χ1v) is 7.53. The lowest BCUT2D eigenvalue weighted by Gasteiger charge is -2.10. The molecule has 0 amide bonds. The van der Waals surface area contributed by atoms with Gasteiger partial charge in [0.05, 0.1) is 0 Å². The SMILES string of the molecule is Cc1cccc(CCC(=O)/C2=C/CCCCCC2)c1. The summed E-state index contributed by atoms with van der Waals surface area (Å²) in [5.41, 5.74) is 3.64. The predicted octanol–water partition coefficient (Wildman–Crippen LogP) is 4.78. The van der Waals surface area contributed by atoms with Crippen LogP contribution in [0.25, 0.3) is 0 Å². The van der Waals surface area contributed by atoms with Gasteiger partial charge in [-0.05, 0) is 50.2 Å². The van der Waals surface area contributed by atoms with Crippen LogP contribution in [0.15, 0.2) is 35.9 Å². The van der Waals surface area contributed by atoms with Gasteiger partial charge in [0, 0.05) is 6.42 Å². The predicted molar refractivity (Wildman–Crippen MR) is 80.3 cm³/mol. The Morgan fingerprint density at radius 3 is 2.84 bits per heavy atom. The summed E-state index contributed by atoms with van der Waals surface area (Å²) in [5, 5.41) is 0. The number of allylic oxidation sites excluding steroid dienone is 2. The van der Waals surface area contributed by atoms with E-state index in [4.69, 9.17) is 0 Å². The summed E-state index contributed by atoms with van der Waals surface area (Å²) >= 11 is 0. The lowest BCUT2D eigenvalue weighted by molar-refractivity contribution is -0.115. The molecule has 102 valence electrons. The maximum Gasteiger partial charge on any atom is 0.158 e. The van der Waals surface area contributed by atoms with E-state index in [1.807, 2.05) is 0 Å². The van der Waals surface area contributed by atoms with E-state index in [9.17, 15) is 4.79 Å². The molecule has 0 unspecified atom stereocenters. The van der Waals surface area contributed by atoms with Gasteiger partial charge >= 0.3 is 0 Å². The van der Waals surface area contributed by atoms with Crippen LogP contribution < -0.4 is 0 Å². The molecule has 0 aromatic heterocycles. The smallest absolute Gasteiger partial charge is 0.158 e. The third-order valence-electron chi connectivity index (χ3n) is 3.87. The molecule has 2 rings (SSSR count). The monoisotopic (exact) mass is 256 g/mol. The summed E-state index contributed by atoms with van der Waals surface area (Å²) in [4.78, 5) is 12.3. The molecule has 0 saturated carbocycles. The molecule has 0 heterocycles. The molecule has 1 aliphatic carbocycles. The van der Waals surface area contributed by atoms with Crippen molar-refractivity contribution in [1.29, 1.82) is 0 Å². The van der Waals surface area contributed by atoms with Crippen LogP contribution in [0.4, 0.5) is 0 Å². The minimum Gasteiger partial charge on any atom is -0.295 e. The third-order valence-corrected chi connectivity index (χ3v) is 3.87. The third kappa shape index (κ3) is 4.66. The minimum absolute atomic E-state index is 0.364. The van der Waals surface area contributed by atoms with Crippen LogP contribution >= 0.6 is 0 Å². The van der Waals surface area contributed by atoms with Crippen molar-refractivity contribution in [3.8, 4) is 0 Å². The Hall–Kier alpha value is -1.37. The second-order valence-electron chi connectivity index (χ2n) is 5.59. The highest BCUT2D eigenvalue weighted by Crippen LogP contribution is 2.19. The molecule has 0 radical (unpaired) electrons. The molecule has 1 aliphatic rings. The normalized spacial score (nSPS) is 19.1. The Labute approximate surface area is 116 Å². The van der Waals surface area contributed by atoms with Crippen LogP contribution in [0.1, 0.15) is 56.1 Å². The fourth-order valence-electron chi connectivity index (χ4n) is 2.73. The van der Waals surface area contributed by atoms with Crippen LogP contribution in [-0.2, 0) is 11.2 Å². The number of hydrogen-bond donors (Lipinski definition) is 0. The van der Waals surface area contributed by atoms with Crippen molar-refractivity contribution in [3.05, 3.63) is 47.0 Å². The molecule has 0 spiro atoms. The molecular formula is C18H24O. The van der Waals surface area contributed by atoms with Crippen molar-refractivity contribution >= 4 is 5.78 Å². The van der Waals surface area contributed by atoms with Crippen LogP contribution in [0.3, 0.4) is 0 Å². The number of hydrogen-bond acceptors (Lipinski definition) is 1. The maximum absolute atomic E-state index is 12.3. The summed E-state index contributed by atoms with van der Waals surface area (Å²) in [6, 6.07) is 8.47. The lowest BCUT2D eigenvalue weighted by atomic mass is 9.94. The lowest BCUT2D eigenvalue weighted by Crippen LogP contribution is -2.06. The fraction of sp³-hybridized carbons (Fsp3) is 0.500. The van der Waals surface area contributed by atoms with E-state index in [1.54, 1.807) is 0 Å². The van der Waals surface area contributed by atoms with E-state index in [2.05, 4.69) is 37.3 Å².